The molecule has 32 heavy (non-hydrogen) atoms. The molecule has 0 spiro atoms. The molecule has 1 unspecified atom stereocenters. The van der Waals surface area contributed by atoms with Gasteiger partial charge < -0.3 is 14.0 Å². The lowest BCUT2D eigenvalue weighted by molar-refractivity contribution is -0.140. The highest BCUT2D eigenvalue weighted by Crippen LogP contribution is 2.43. The topological polar surface area (TPSA) is 62.6 Å². The summed E-state index contributed by atoms with van der Waals surface area (Å²) in [6.45, 7) is 8.03. The van der Waals surface area contributed by atoms with Crippen molar-refractivity contribution in [3.8, 4) is 16.9 Å². The van der Waals surface area contributed by atoms with Crippen molar-refractivity contribution in [3.63, 3.8) is 0 Å². The first-order chi connectivity index (χ1) is 15.2. The lowest BCUT2D eigenvalue weighted by Gasteiger charge is -2.32. The van der Waals surface area contributed by atoms with Gasteiger partial charge in [0.1, 0.15) is 0 Å². The number of rotatable bonds is 6. The molecule has 7 heteroatoms. The molecule has 6 nitrogen and oxygen atoms in total. The van der Waals surface area contributed by atoms with Crippen molar-refractivity contribution in [3.05, 3.63) is 72.4 Å². The molecule has 2 aromatic carbocycles. The van der Waals surface area contributed by atoms with E-state index in [4.69, 9.17) is 19.1 Å². The highest BCUT2D eigenvalue weighted by atomic mass is 16.7. The highest BCUT2D eigenvalue weighted by molar-refractivity contribution is 6.48. The second-order valence-electron chi connectivity index (χ2n) is 9.09. The number of carbonyl (C=O) groups is 1. The zero-order valence-corrected chi connectivity index (χ0v) is 19.2. The zero-order chi connectivity index (χ0) is 22.9. The van der Waals surface area contributed by atoms with Gasteiger partial charge in [-0.15, -0.1) is 0 Å². The Kier molecular flexibility index (Phi) is 5.97. The summed E-state index contributed by atoms with van der Waals surface area (Å²) >= 11 is 0. The molecule has 0 saturated carbocycles. The molecule has 1 saturated heterocycles. The molecule has 4 rings (SSSR count). The molecule has 1 aliphatic rings. The summed E-state index contributed by atoms with van der Waals surface area (Å²) in [5, 5.41) is 4.90. The number of benzene rings is 2. The van der Waals surface area contributed by atoms with E-state index in [-0.39, 0.29) is 12.4 Å². The number of esters is 1. The van der Waals surface area contributed by atoms with Crippen LogP contribution < -0.4 is 0 Å². The monoisotopic (exact) mass is 432 g/mol. The number of aromatic nitrogens is 2. The average molecular weight is 432 g/mol. The minimum atomic E-state index is -0.616. The molecule has 0 aliphatic carbocycles. The predicted molar refractivity (Wildman–Crippen MR) is 124 cm³/mol. The van der Waals surface area contributed by atoms with Crippen LogP contribution in [-0.2, 0) is 18.8 Å². The van der Waals surface area contributed by atoms with Gasteiger partial charge in [0.15, 0.2) is 0 Å². The minimum absolute atomic E-state index is 0.119. The molecular weight excluding hydrogens is 403 g/mol. The first-order valence-corrected chi connectivity index (χ1v) is 10.8. The van der Waals surface area contributed by atoms with Crippen LogP contribution in [0.1, 0.15) is 45.5 Å². The zero-order valence-electron chi connectivity index (χ0n) is 19.2. The standard InChI is InChI=1S/C25H29BN2O4/c1-24(2)25(3,4)32-26(31-24)21(16-22(29)30-5)20-17-28(19-14-10-7-11-15-19)27-23(20)18-12-8-6-9-13-18/h6-15,17,21H,16H2,1-5H3. The third kappa shape index (κ3) is 4.23. The van der Waals surface area contributed by atoms with Gasteiger partial charge in [0.05, 0.1) is 36.1 Å². The molecule has 0 bridgehead atoms. The summed E-state index contributed by atoms with van der Waals surface area (Å²) in [4.78, 5) is 12.4. The first kappa shape index (κ1) is 22.3. The molecule has 0 amide bonds. The predicted octanol–water partition coefficient (Wildman–Crippen LogP) is 4.82. The molecule has 1 aliphatic heterocycles. The lowest BCUT2D eigenvalue weighted by atomic mass is 9.66. The van der Waals surface area contributed by atoms with Crippen molar-refractivity contribution in [2.45, 2.75) is 51.1 Å². The maximum absolute atomic E-state index is 12.4. The Labute approximate surface area is 189 Å². The summed E-state index contributed by atoms with van der Waals surface area (Å²) in [5.74, 6) is -0.715. The molecule has 1 atom stereocenters. The van der Waals surface area contributed by atoms with Crippen LogP contribution in [0, 0.1) is 0 Å². The van der Waals surface area contributed by atoms with Crippen LogP contribution in [-0.4, -0.2) is 41.2 Å². The van der Waals surface area contributed by atoms with Crippen LogP contribution in [0.3, 0.4) is 0 Å². The maximum Gasteiger partial charge on any atom is 0.466 e. The maximum atomic E-state index is 12.4. The fraction of sp³-hybridized carbons (Fsp3) is 0.360. The van der Waals surface area contributed by atoms with Crippen molar-refractivity contribution >= 4 is 13.1 Å². The van der Waals surface area contributed by atoms with Crippen LogP contribution in [0.4, 0.5) is 0 Å². The van der Waals surface area contributed by atoms with E-state index in [1.54, 1.807) is 0 Å². The van der Waals surface area contributed by atoms with Gasteiger partial charge in [-0.3, -0.25) is 4.79 Å². The van der Waals surface area contributed by atoms with Crippen LogP contribution in [0.2, 0.25) is 0 Å². The highest BCUT2D eigenvalue weighted by Gasteiger charge is 2.55. The molecule has 0 radical (unpaired) electrons. The van der Waals surface area contributed by atoms with Crippen LogP contribution >= 0.6 is 0 Å². The van der Waals surface area contributed by atoms with Crippen LogP contribution in [0.5, 0.6) is 0 Å². The number of para-hydroxylation sites is 1. The van der Waals surface area contributed by atoms with E-state index in [0.29, 0.717) is 0 Å². The van der Waals surface area contributed by atoms with Crippen molar-refractivity contribution in [1.29, 1.82) is 0 Å². The van der Waals surface area contributed by atoms with Gasteiger partial charge in [-0.05, 0) is 39.8 Å². The Morgan fingerprint density at radius 1 is 1.00 bits per heavy atom. The van der Waals surface area contributed by atoms with Gasteiger partial charge in [0.2, 0.25) is 0 Å². The Bertz CT molecular complexity index is 1060. The van der Waals surface area contributed by atoms with Crippen molar-refractivity contribution in [1.82, 2.24) is 9.78 Å². The van der Waals surface area contributed by atoms with Crippen molar-refractivity contribution < 1.29 is 18.8 Å². The van der Waals surface area contributed by atoms with E-state index in [1.807, 2.05) is 99.2 Å². The third-order valence-electron chi connectivity index (χ3n) is 6.42. The first-order valence-electron chi connectivity index (χ1n) is 10.8. The van der Waals surface area contributed by atoms with Crippen molar-refractivity contribution in [2.24, 2.45) is 0 Å². The molecule has 2 heterocycles. The summed E-state index contributed by atoms with van der Waals surface area (Å²) in [7, 11) is 0.782. The van der Waals surface area contributed by atoms with Crippen LogP contribution in [0.15, 0.2) is 66.9 Å². The summed E-state index contributed by atoms with van der Waals surface area (Å²) in [6.07, 6.45) is 2.09. The second kappa shape index (κ2) is 8.56. The fourth-order valence-corrected chi connectivity index (χ4v) is 3.86. The Morgan fingerprint density at radius 3 is 2.12 bits per heavy atom. The second-order valence-corrected chi connectivity index (χ2v) is 9.09. The van der Waals surface area contributed by atoms with E-state index >= 15 is 0 Å². The fourth-order valence-electron chi connectivity index (χ4n) is 3.86. The van der Waals surface area contributed by atoms with Gasteiger partial charge in [0, 0.05) is 23.1 Å². The number of carbonyl (C=O) groups excluding carboxylic acids is 1. The smallest absolute Gasteiger partial charge is 0.466 e. The Morgan fingerprint density at radius 2 is 1.56 bits per heavy atom. The summed E-state index contributed by atoms with van der Waals surface area (Å²) in [6, 6.07) is 19.9. The molecule has 3 aromatic rings. The van der Waals surface area contributed by atoms with E-state index in [0.717, 1.165) is 22.5 Å². The average Bonchev–Trinajstić information content (AvgIpc) is 3.31. The number of hydrogen-bond acceptors (Lipinski definition) is 5. The molecule has 0 N–H and O–H groups in total. The molecular formula is C25H29BN2O4. The largest absolute Gasteiger partial charge is 0.469 e. The van der Waals surface area contributed by atoms with Gasteiger partial charge in [-0.2, -0.15) is 5.10 Å². The molecule has 166 valence electrons. The van der Waals surface area contributed by atoms with Crippen molar-refractivity contribution in [2.75, 3.05) is 7.11 Å². The summed E-state index contributed by atoms with van der Waals surface area (Å²) in [5.41, 5.74) is 2.52. The van der Waals surface area contributed by atoms with Crippen LogP contribution in [0.25, 0.3) is 16.9 Å². The summed E-state index contributed by atoms with van der Waals surface area (Å²) < 4.78 is 19.6. The molecule has 1 aromatic heterocycles. The van der Waals surface area contributed by atoms with Gasteiger partial charge in [0.25, 0.3) is 0 Å². The Hall–Kier alpha value is -2.90. The number of methoxy groups -OCH3 is 1. The number of hydrogen-bond donors (Lipinski definition) is 0. The SMILES string of the molecule is COC(=O)CC(B1OC(C)(C)C(C)(C)O1)c1cn(-c2ccccc2)nc1-c1ccccc1. The number of ether oxygens (including phenoxy) is 1. The van der Waals surface area contributed by atoms with Gasteiger partial charge in [-0.1, -0.05) is 48.5 Å². The molecule has 1 fully saturated rings. The Balaban J connectivity index is 1.84. The quantitative estimate of drug-likeness (QED) is 0.413. The van der Waals surface area contributed by atoms with E-state index < -0.39 is 24.1 Å². The van der Waals surface area contributed by atoms with E-state index in [1.165, 1.54) is 7.11 Å². The normalized spacial score (nSPS) is 17.8. The van der Waals surface area contributed by atoms with Gasteiger partial charge in [-0.25, -0.2) is 4.68 Å². The van der Waals surface area contributed by atoms with E-state index in [9.17, 15) is 4.79 Å². The van der Waals surface area contributed by atoms with Gasteiger partial charge >= 0.3 is 13.1 Å². The van der Waals surface area contributed by atoms with E-state index in [2.05, 4.69) is 0 Å². The third-order valence-corrected chi connectivity index (χ3v) is 6.42. The lowest BCUT2D eigenvalue weighted by Crippen LogP contribution is -2.41. The number of nitrogens with zero attached hydrogens (tertiary/aromatic N) is 2. The minimum Gasteiger partial charge on any atom is -0.469 e.